The molecule has 0 aliphatic carbocycles. The third-order valence-corrected chi connectivity index (χ3v) is 3.96. The average molecular weight is 338 g/mol. The molecule has 0 saturated carbocycles. The maximum atomic E-state index is 12.5. The van der Waals surface area contributed by atoms with E-state index in [1.165, 1.54) is 0 Å². The third kappa shape index (κ3) is 3.50. The Hall–Kier alpha value is -2.82. The molecule has 2 amide bonds. The van der Waals surface area contributed by atoms with Crippen LogP contribution in [0.2, 0.25) is 0 Å². The molecule has 1 aromatic heterocycles. The molecule has 0 fully saturated rings. The molecule has 0 aliphatic heterocycles. The molecule has 25 heavy (non-hydrogen) atoms. The maximum absolute atomic E-state index is 12.5. The van der Waals surface area contributed by atoms with Crippen molar-refractivity contribution in [2.45, 2.75) is 33.2 Å². The second kappa shape index (κ2) is 6.24. The van der Waals surface area contributed by atoms with Gasteiger partial charge in [-0.1, -0.05) is 36.4 Å². The lowest BCUT2D eigenvalue weighted by Gasteiger charge is -2.20. The van der Waals surface area contributed by atoms with E-state index in [1.54, 1.807) is 0 Å². The van der Waals surface area contributed by atoms with Gasteiger partial charge in [0, 0.05) is 21.9 Å². The molecule has 3 aromatic rings. The predicted molar refractivity (Wildman–Crippen MR) is 98.7 cm³/mol. The Balaban J connectivity index is 1.86. The summed E-state index contributed by atoms with van der Waals surface area (Å²) < 4.78 is 5.86. The molecule has 130 valence electrons. The van der Waals surface area contributed by atoms with Gasteiger partial charge >= 0.3 is 0 Å². The Morgan fingerprint density at radius 1 is 1.04 bits per heavy atom. The van der Waals surface area contributed by atoms with Gasteiger partial charge in [0.15, 0.2) is 5.76 Å². The minimum atomic E-state index is -0.387. The minimum Gasteiger partial charge on any atom is -0.450 e. The van der Waals surface area contributed by atoms with Crippen molar-refractivity contribution in [3.63, 3.8) is 0 Å². The fourth-order valence-corrected chi connectivity index (χ4v) is 2.87. The van der Waals surface area contributed by atoms with E-state index in [1.807, 2.05) is 64.1 Å². The van der Waals surface area contributed by atoms with Crippen molar-refractivity contribution in [3.05, 3.63) is 47.7 Å². The van der Waals surface area contributed by atoms with Crippen molar-refractivity contribution in [1.29, 1.82) is 0 Å². The Labute approximate surface area is 146 Å². The zero-order valence-corrected chi connectivity index (χ0v) is 14.9. The van der Waals surface area contributed by atoms with Crippen molar-refractivity contribution < 1.29 is 14.0 Å². The van der Waals surface area contributed by atoms with Gasteiger partial charge in [-0.05, 0) is 33.1 Å². The fourth-order valence-electron chi connectivity index (χ4n) is 2.87. The van der Waals surface area contributed by atoms with Crippen LogP contribution in [0, 0.1) is 6.92 Å². The molecule has 5 heteroatoms. The van der Waals surface area contributed by atoms with Crippen LogP contribution in [-0.2, 0) is 4.79 Å². The van der Waals surface area contributed by atoms with Crippen molar-refractivity contribution in [3.8, 4) is 0 Å². The Kier molecular flexibility index (Phi) is 4.25. The number of aryl methyl sites for hydroxylation is 1. The first-order valence-corrected chi connectivity index (χ1v) is 8.26. The van der Waals surface area contributed by atoms with Crippen LogP contribution in [0.5, 0.6) is 0 Å². The lowest BCUT2D eigenvalue weighted by Crippen LogP contribution is -2.45. The van der Waals surface area contributed by atoms with E-state index < -0.39 is 0 Å². The van der Waals surface area contributed by atoms with Crippen LogP contribution >= 0.6 is 0 Å². The zero-order chi connectivity index (χ0) is 18.2. The number of amides is 2. The molecule has 0 saturated heterocycles. The number of nitrogens with one attached hydrogen (secondary N) is 2. The first-order valence-electron chi connectivity index (χ1n) is 8.26. The van der Waals surface area contributed by atoms with Crippen LogP contribution in [0.4, 0.5) is 0 Å². The molecule has 0 atom stereocenters. The SMILES string of the molecule is Cc1c(C(=O)NCC(=O)NC(C)(C)C)oc2c1ccc1ccccc12. The number of hydrogen-bond donors (Lipinski definition) is 2. The number of furan rings is 1. The van der Waals surface area contributed by atoms with E-state index in [9.17, 15) is 9.59 Å². The van der Waals surface area contributed by atoms with Gasteiger partial charge in [-0.2, -0.15) is 0 Å². The summed E-state index contributed by atoms with van der Waals surface area (Å²) in [5, 5.41) is 8.36. The molecule has 0 spiro atoms. The number of hydrogen-bond acceptors (Lipinski definition) is 3. The van der Waals surface area contributed by atoms with Gasteiger partial charge in [-0.3, -0.25) is 9.59 Å². The summed E-state index contributed by atoms with van der Waals surface area (Å²) in [6.45, 7) is 7.43. The molecule has 0 bridgehead atoms. The monoisotopic (exact) mass is 338 g/mol. The summed E-state index contributed by atoms with van der Waals surface area (Å²) in [5.41, 5.74) is 1.13. The van der Waals surface area contributed by atoms with Crippen LogP contribution in [0.3, 0.4) is 0 Å². The van der Waals surface area contributed by atoms with E-state index in [2.05, 4.69) is 10.6 Å². The quantitative estimate of drug-likeness (QED) is 0.767. The molecular weight excluding hydrogens is 316 g/mol. The molecule has 5 nitrogen and oxygen atoms in total. The van der Waals surface area contributed by atoms with Gasteiger partial charge in [0.25, 0.3) is 5.91 Å². The summed E-state index contributed by atoms with van der Waals surface area (Å²) in [5.74, 6) is -0.378. The van der Waals surface area contributed by atoms with Gasteiger partial charge < -0.3 is 15.1 Å². The summed E-state index contributed by atoms with van der Waals surface area (Å²) in [6.07, 6.45) is 0. The van der Waals surface area contributed by atoms with E-state index >= 15 is 0 Å². The Morgan fingerprint density at radius 3 is 2.48 bits per heavy atom. The van der Waals surface area contributed by atoms with Crippen molar-refractivity contribution in [1.82, 2.24) is 10.6 Å². The van der Waals surface area contributed by atoms with Crippen LogP contribution in [-0.4, -0.2) is 23.9 Å². The normalized spacial score (nSPS) is 11.7. The summed E-state index contributed by atoms with van der Waals surface area (Å²) in [7, 11) is 0. The van der Waals surface area contributed by atoms with Crippen LogP contribution in [0.15, 0.2) is 40.8 Å². The van der Waals surface area contributed by atoms with E-state index in [-0.39, 0.29) is 29.7 Å². The lowest BCUT2D eigenvalue weighted by molar-refractivity contribution is -0.121. The van der Waals surface area contributed by atoms with Crippen molar-refractivity contribution in [2.75, 3.05) is 6.54 Å². The largest absolute Gasteiger partial charge is 0.450 e. The smallest absolute Gasteiger partial charge is 0.287 e. The van der Waals surface area contributed by atoms with Gasteiger partial charge in [0.2, 0.25) is 5.91 Å². The topological polar surface area (TPSA) is 71.3 Å². The third-order valence-electron chi connectivity index (χ3n) is 3.96. The first kappa shape index (κ1) is 17.0. The van der Waals surface area contributed by atoms with Crippen LogP contribution < -0.4 is 10.6 Å². The highest BCUT2D eigenvalue weighted by atomic mass is 16.3. The first-order chi connectivity index (χ1) is 11.8. The van der Waals surface area contributed by atoms with Gasteiger partial charge in [-0.25, -0.2) is 0 Å². The lowest BCUT2D eigenvalue weighted by atomic mass is 10.1. The summed E-state index contributed by atoms with van der Waals surface area (Å²) >= 11 is 0. The molecule has 3 rings (SSSR count). The Bertz CT molecular complexity index is 964. The average Bonchev–Trinajstić information content (AvgIpc) is 2.88. The molecule has 2 N–H and O–H groups in total. The summed E-state index contributed by atoms with van der Waals surface area (Å²) in [6, 6.07) is 11.8. The van der Waals surface area contributed by atoms with E-state index in [0.29, 0.717) is 5.58 Å². The maximum Gasteiger partial charge on any atom is 0.287 e. The molecule has 1 heterocycles. The second-order valence-electron chi connectivity index (χ2n) is 7.20. The Morgan fingerprint density at radius 2 is 1.76 bits per heavy atom. The van der Waals surface area contributed by atoms with E-state index in [4.69, 9.17) is 4.42 Å². The molecule has 0 aliphatic rings. The zero-order valence-electron chi connectivity index (χ0n) is 14.9. The number of benzene rings is 2. The van der Waals surface area contributed by atoms with Crippen molar-refractivity contribution in [2.24, 2.45) is 0 Å². The molecule has 0 radical (unpaired) electrons. The highest BCUT2D eigenvalue weighted by molar-refractivity contribution is 6.09. The van der Waals surface area contributed by atoms with Gasteiger partial charge in [-0.15, -0.1) is 0 Å². The number of fused-ring (bicyclic) bond motifs is 3. The second-order valence-corrected chi connectivity index (χ2v) is 7.20. The minimum absolute atomic E-state index is 0.0899. The number of carbonyl (C=O) groups excluding carboxylic acids is 2. The van der Waals surface area contributed by atoms with Crippen LogP contribution in [0.25, 0.3) is 21.7 Å². The molecule has 0 unspecified atom stereocenters. The van der Waals surface area contributed by atoms with Gasteiger partial charge in [0.05, 0.1) is 6.54 Å². The van der Waals surface area contributed by atoms with Gasteiger partial charge in [0.1, 0.15) is 5.58 Å². The highest BCUT2D eigenvalue weighted by Crippen LogP contribution is 2.31. The summed E-state index contributed by atoms with van der Waals surface area (Å²) in [4.78, 5) is 24.3. The number of carbonyl (C=O) groups is 2. The molecular formula is C20H22N2O3. The van der Waals surface area contributed by atoms with Crippen LogP contribution in [0.1, 0.15) is 36.9 Å². The fraction of sp³-hybridized carbons (Fsp3) is 0.300. The van der Waals surface area contributed by atoms with E-state index in [0.717, 1.165) is 21.7 Å². The predicted octanol–water partition coefficient (Wildman–Crippen LogP) is 3.54. The molecule has 2 aromatic carbocycles. The highest BCUT2D eigenvalue weighted by Gasteiger charge is 2.20. The number of rotatable bonds is 3. The van der Waals surface area contributed by atoms with Crippen molar-refractivity contribution >= 4 is 33.6 Å². The standard InChI is InChI=1S/C20H22N2O3/c1-12-14-10-9-13-7-5-6-8-15(13)18(14)25-17(12)19(24)21-11-16(23)22-20(2,3)4/h5-10H,11H2,1-4H3,(H,21,24)(H,22,23).